The Morgan fingerprint density at radius 3 is 2.94 bits per heavy atom. The van der Waals surface area contributed by atoms with Gasteiger partial charge in [-0.05, 0) is 43.2 Å². The van der Waals surface area contributed by atoms with Gasteiger partial charge >= 0.3 is 0 Å². The van der Waals surface area contributed by atoms with Crippen LogP contribution in [-0.4, -0.2) is 29.7 Å². The van der Waals surface area contributed by atoms with E-state index in [4.69, 9.17) is 4.74 Å². The van der Waals surface area contributed by atoms with Crippen molar-refractivity contribution in [2.24, 2.45) is 0 Å². The van der Waals surface area contributed by atoms with Crippen molar-refractivity contribution in [3.05, 3.63) is 75.7 Å². The summed E-state index contributed by atoms with van der Waals surface area (Å²) in [5.74, 6) is -0.701. The number of benzene rings is 2. The summed E-state index contributed by atoms with van der Waals surface area (Å²) >= 11 is 3.48. The molecule has 2 aromatic carbocycles. The van der Waals surface area contributed by atoms with Crippen molar-refractivity contribution in [1.82, 2.24) is 9.88 Å². The molecule has 3 aromatic rings. The van der Waals surface area contributed by atoms with E-state index in [1.54, 1.807) is 24.3 Å². The van der Waals surface area contributed by atoms with Gasteiger partial charge in [-0.1, -0.05) is 34.1 Å². The predicted octanol–water partition coefficient (Wildman–Crippen LogP) is 4.79. The number of rotatable bonds is 6. The summed E-state index contributed by atoms with van der Waals surface area (Å²) in [6.45, 7) is 1.43. The first kappa shape index (κ1) is 21.3. The Morgan fingerprint density at radius 2 is 2.19 bits per heavy atom. The highest BCUT2D eigenvalue weighted by molar-refractivity contribution is 9.10. The van der Waals surface area contributed by atoms with Gasteiger partial charge in [0.15, 0.2) is 0 Å². The molecule has 0 bridgehead atoms. The van der Waals surface area contributed by atoms with Crippen molar-refractivity contribution in [3.63, 3.8) is 0 Å². The summed E-state index contributed by atoms with van der Waals surface area (Å²) in [7, 11) is 0. The van der Waals surface area contributed by atoms with Crippen LogP contribution in [0.1, 0.15) is 24.0 Å². The Balaban J connectivity index is 1.65. The fraction of sp³-hybridized carbons (Fsp3) is 0.250. The number of halogens is 2. The first-order chi connectivity index (χ1) is 15.0. The van der Waals surface area contributed by atoms with E-state index >= 15 is 0 Å². The van der Waals surface area contributed by atoms with Gasteiger partial charge in [0.25, 0.3) is 5.91 Å². The summed E-state index contributed by atoms with van der Waals surface area (Å²) in [5, 5.41) is 13.2. The van der Waals surface area contributed by atoms with Crippen LogP contribution in [0.25, 0.3) is 17.0 Å². The minimum absolute atomic E-state index is 0.00234. The molecule has 158 valence electrons. The largest absolute Gasteiger partial charge is 0.376 e. The molecule has 1 aliphatic heterocycles. The Bertz CT molecular complexity index is 1190. The zero-order valence-corrected chi connectivity index (χ0v) is 18.4. The van der Waals surface area contributed by atoms with Gasteiger partial charge in [0.2, 0.25) is 0 Å². The van der Waals surface area contributed by atoms with Gasteiger partial charge in [0.05, 0.1) is 12.6 Å². The SMILES string of the molecule is N#C/C(=C\c1cn(Cc2ccccc2F)c2ccc(Br)cc12)C(=O)NC[C@@H]1CCCO1. The second-order valence-electron chi connectivity index (χ2n) is 7.48. The Morgan fingerprint density at radius 1 is 1.35 bits per heavy atom. The van der Waals surface area contributed by atoms with Crippen molar-refractivity contribution >= 4 is 38.8 Å². The molecule has 0 aliphatic carbocycles. The number of ether oxygens (including phenoxy) is 1. The van der Waals surface area contributed by atoms with Crippen LogP contribution in [0.3, 0.4) is 0 Å². The Labute approximate surface area is 188 Å². The van der Waals surface area contributed by atoms with Crippen molar-refractivity contribution in [2.45, 2.75) is 25.5 Å². The molecule has 0 radical (unpaired) electrons. The second-order valence-corrected chi connectivity index (χ2v) is 8.40. The van der Waals surface area contributed by atoms with Crippen LogP contribution < -0.4 is 5.32 Å². The molecular formula is C24H21BrFN3O2. The number of aromatic nitrogens is 1. The number of carbonyl (C=O) groups excluding carboxylic acids is 1. The maximum atomic E-state index is 14.2. The quantitative estimate of drug-likeness (QED) is 0.406. The van der Waals surface area contributed by atoms with Crippen molar-refractivity contribution in [2.75, 3.05) is 13.2 Å². The van der Waals surface area contributed by atoms with Gasteiger partial charge in [-0.15, -0.1) is 0 Å². The lowest BCUT2D eigenvalue weighted by molar-refractivity contribution is -0.117. The summed E-state index contributed by atoms with van der Waals surface area (Å²) in [6, 6.07) is 14.4. The summed E-state index contributed by atoms with van der Waals surface area (Å²) in [6.07, 6.45) is 5.31. The van der Waals surface area contributed by atoms with E-state index in [2.05, 4.69) is 21.2 Å². The first-order valence-electron chi connectivity index (χ1n) is 10.1. The molecule has 1 fully saturated rings. The maximum Gasteiger partial charge on any atom is 0.262 e. The maximum absolute atomic E-state index is 14.2. The number of carbonyl (C=O) groups is 1. The molecule has 1 saturated heterocycles. The Hall–Kier alpha value is -2.95. The molecule has 4 rings (SSSR count). The third kappa shape index (κ3) is 4.87. The van der Waals surface area contributed by atoms with E-state index < -0.39 is 5.91 Å². The van der Waals surface area contributed by atoms with Gasteiger partial charge in [0.1, 0.15) is 17.5 Å². The summed E-state index contributed by atoms with van der Waals surface area (Å²) in [4.78, 5) is 12.6. The number of nitrogens with one attached hydrogen (secondary N) is 1. The van der Waals surface area contributed by atoms with Gasteiger partial charge in [-0.3, -0.25) is 4.79 Å². The number of nitriles is 1. The lowest BCUT2D eigenvalue weighted by atomic mass is 10.1. The zero-order chi connectivity index (χ0) is 21.8. The van der Waals surface area contributed by atoms with Crippen LogP contribution in [0.2, 0.25) is 0 Å². The molecule has 0 spiro atoms. The average Bonchev–Trinajstić information content (AvgIpc) is 3.40. The summed E-state index contributed by atoms with van der Waals surface area (Å²) in [5.41, 5.74) is 2.18. The molecule has 31 heavy (non-hydrogen) atoms. The van der Waals surface area contributed by atoms with E-state index in [-0.39, 0.29) is 17.5 Å². The van der Waals surface area contributed by atoms with Crippen LogP contribution in [-0.2, 0) is 16.1 Å². The molecule has 2 heterocycles. The number of amides is 1. The highest BCUT2D eigenvalue weighted by Crippen LogP contribution is 2.28. The predicted molar refractivity (Wildman–Crippen MR) is 121 cm³/mol. The molecule has 0 unspecified atom stereocenters. The lowest BCUT2D eigenvalue weighted by Crippen LogP contribution is -2.32. The molecule has 1 atom stereocenters. The molecule has 1 aromatic heterocycles. The molecule has 7 heteroatoms. The smallest absolute Gasteiger partial charge is 0.262 e. The minimum Gasteiger partial charge on any atom is -0.376 e. The topological polar surface area (TPSA) is 67.0 Å². The van der Waals surface area contributed by atoms with Gasteiger partial charge in [-0.2, -0.15) is 5.26 Å². The molecule has 5 nitrogen and oxygen atoms in total. The first-order valence-corrected chi connectivity index (χ1v) is 10.9. The van der Waals surface area contributed by atoms with Gasteiger partial charge < -0.3 is 14.6 Å². The lowest BCUT2D eigenvalue weighted by Gasteiger charge is -2.10. The van der Waals surface area contributed by atoms with Crippen LogP contribution >= 0.6 is 15.9 Å². The van der Waals surface area contributed by atoms with Gasteiger partial charge in [-0.25, -0.2) is 4.39 Å². The van der Waals surface area contributed by atoms with E-state index in [0.29, 0.717) is 25.3 Å². The highest BCUT2D eigenvalue weighted by atomic mass is 79.9. The van der Waals surface area contributed by atoms with Crippen LogP contribution in [0.15, 0.2) is 58.7 Å². The van der Waals surface area contributed by atoms with Crippen molar-refractivity contribution in [1.29, 1.82) is 5.26 Å². The molecule has 1 N–H and O–H groups in total. The van der Waals surface area contributed by atoms with Crippen LogP contribution in [0.5, 0.6) is 0 Å². The third-order valence-electron chi connectivity index (χ3n) is 5.35. The number of fused-ring (bicyclic) bond motifs is 1. The summed E-state index contributed by atoms with van der Waals surface area (Å²) < 4.78 is 22.5. The normalized spacial score (nSPS) is 16.4. The van der Waals surface area contributed by atoms with Crippen molar-refractivity contribution < 1.29 is 13.9 Å². The monoisotopic (exact) mass is 481 g/mol. The fourth-order valence-electron chi connectivity index (χ4n) is 3.76. The molecule has 0 saturated carbocycles. The van der Waals surface area contributed by atoms with Crippen molar-refractivity contribution in [3.8, 4) is 6.07 Å². The van der Waals surface area contributed by atoms with E-state index in [1.807, 2.05) is 35.0 Å². The molecule has 1 amide bonds. The fourth-order valence-corrected chi connectivity index (χ4v) is 4.13. The number of nitrogens with zero attached hydrogens (tertiary/aromatic N) is 2. The standard InChI is InChI=1S/C24H21BrFN3O2/c25-19-7-8-23-21(11-19)18(15-29(23)14-16-4-1-2-6-22(16)26)10-17(12-27)24(30)28-13-20-5-3-9-31-20/h1-2,4,6-8,10-11,15,20H,3,5,9,13-14H2,(H,28,30)/b17-10+/t20-/m0/s1. The highest BCUT2D eigenvalue weighted by Gasteiger charge is 2.18. The molecule has 1 aliphatic rings. The minimum atomic E-state index is -0.428. The number of hydrogen-bond donors (Lipinski definition) is 1. The Kier molecular flexibility index (Phi) is 6.50. The van der Waals surface area contributed by atoms with Gasteiger partial charge in [0, 0.05) is 45.9 Å². The number of hydrogen-bond acceptors (Lipinski definition) is 3. The van der Waals surface area contributed by atoms with E-state index in [9.17, 15) is 14.4 Å². The molecular weight excluding hydrogens is 461 g/mol. The second kappa shape index (κ2) is 9.46. The zero-order valence-electron chi connectivity index (χ0n) is 16.8. The van der Waals surface area contributed by atoms with E-state index in [0.717, 1.165) is 33.8 Å². The van der Waals surface area contributed by atoms with Crippen LogP contribution in [0, 0.1) is 17.1 Å². The van der Waals surface area contributed by atoms with Crippen LogP contribution in [0.4, 0.5) is 4.39 Å². The average molecular weight is 482 g/mol. The van der Waals surface area contributed by atoms with E-state index in [1.165, 1.54) is 6.07 Å². The third-order valence-corrected chi connectivity index (χ3v) is 5.84.